The minimum atomic E-state index is -0.458. The largest absolute Gasteiger partial charge is 0.323 e. The van der Waals surface area contributed by atoms with E-state index in [1.807, 2.05) is 0 Å². The lowest BCUT2D eigenvalue weighted by Gasteiger charge is -2.07. The van der Waals surface area contributed by atoms with E-state index in [4.69, 9.17) is 0 Å². The number of hydrogen-bond donors (Lipinski definition) is 2. The van der Waals surface area contributed by atoms with Gasteiger partial charge in [-0.2, -0.15) is 0 Å². The van der Waals surface area contributed by atoms with Gasteiger partial charge in [-0.15, -0.1) is 0 Å². The van der Waals surface area contributed by atoms with E-state index in [2.05, 4.69) is 31.5 Å². The van der Waals surface area contributed by atoms with Crippen LogP contribution in [0.5, 0.6) is 0 Å². The van der Waals surface area contributed by atoms with Crippen LogP contribution < -0.4 is 10.6 Å². The van der Waals surface area contributed by atoms with E-state index >= 15 is 0 Å². The van der Waals surface area contributed by atoms with Crippen LogP contribution in [0.3, 0.4) is 0 Å². The zero-order chi connectivity index (χ0) is 13.0. The average molecular weight is 310 g/mol. The fraction of sp³-hybridized carbons (Fsp3) is 0. The maximum atomic E-state index is 12.9. The second-order valence-corrected chi connectivity index (χ2v) is 4.40. The highest BCUT2D eigenvalue weighted by molar-refractivity contribution is 9.10. The molecule has 0 bridgehead atoms. The van der Waals surface area contributed by atoms with Gasteiger partial charge in [-0.05, 0) is 40.2 Å². The first kappa shape index (κ1) is 12.5. The molecule has 18 heavy (non-hydrogen) atoms. The SMILES string of the molecule is O=C(Nc1cccc(F)c1)Nc1cncc(Br)c1. The Morgan fingerprint density at radius 3 is 2.67 bits per heavy atom. The molecular formula is C12H9BrFN3O. The summed E-state index contributed by atoms with van der Waals surface area (Å²) in [6.45, 7) is 0. The molecule has 1 aromatic carbocycles. The van der Waals surface area contributed by atoms with Gasteiger partial charge in [-0.3, -0.25) is 4.98 Å². The van der Waals surface area contributed by atoms with Crippen LogP contribution in [0.4, 0.5) is 20.6 Å². The smallest absolute Gasteiger partial charge is 0.308 e. The van der Waals surface area contributed by atoms with Crippen LogP contribution in [0.1, 0.15) is 0 Å². The molecule has 4 nitrogen and oxygen atoms in total. The maximum Gasteiger partial charge on any atom is 0.323 e. The van der Waals surface area contributed by atoms with Crippen molar-refractivity contribution >= 4 is 33.3 Å². The second-order valence-electron chi connectivity index (χ2n) is 3.48. The van der Waals surface area contributed by atoms with Gasteiger partial charge in [-0.1, -0.05) is 6.07 Å². The van der Waals surface area contributed by atoms with Gasteiger partial charge in [0, 0.05) is 16.4 Å². The van der Waals surface area contributed by atoms with Crippen molar-refractivity contribution in [3.8, 4) is 0 Å². The molecule has 0 radical (unpaired) electrons. The molecule has 0 aliphatic rings. The van der Waals surface area contributed by atoms with Crippen molar-refractivity contribution in [3.63, 3.8) is 0 Å². The molecule has 0 aliphatic carbocycles. The fourth-order valence-electron chi connectivity index (χ4n) is 1.34. The number of amides is 2. The molecule has 6 heteroatoms. The fourth-order valence-corrected chi connectivity index (χ4v) is 1.70. The topological polar surface area (TPSA) is 54.0 Å². The van der Waals surface area contributed by atoms with Gasteiger partial charge in [0.25, 0.3) is 0 Å². The second kappa shape index (κ2) is 5.59. The molecule has 0 saturated heterocycles. The number of carbonyl (C=O) groups is 1. The number of nitrogens with zero attached hydrogens (tertiary/aromatic N) is 1. The van der Waals surface area contributed by atoms with Crippen molar-refractivity contribution < 1.29 is 9.18 Å². The van der Waals surface area contributed by atoms with Crippen molar-refractivity contribution in [1.82, 2.24) is 4.98 Å². The Balaban J connectivity index is 2.01. The van der Waals surface area contributed by atoms with Gasteiger partial charge in [-0.25, -0.2) is 9.18 Å². The van der Waals surface area contributed by atoms with E-state index in [1.54, 1.807) is 18.3 Å². The van der Waals surface area contributed by atoms with E-state index in [0.29, 0.717) is 11.4 Å². The Morgan fingerprint density at radius 1 is 1.17 bits per heavy atom. The van der Waals surface area contributed by atoms with Crippen molar-refractivity contribution in [2.24, 2.45) is 0 Å². The minimum absolute atomic E-state index is 0.385. The van der Waals surface area contributed by atoms with Gasteiger partial charge < -0.3 is 10.6 Å². The van der Waals surface area contributed by atoms with Crippen LogP contribution in [-0.4, -0.2) is 11.0 Å². The van der Waals surface area contributed by atoms with Crippen molar-refractivity contribution in [3.05, 3.63) is 53.0 Å². The van der Waals surface area contributed by atoms with E-state index < -0.39 is 11.8 Å². The molecule has 1 heterocycles. The van der Waals surface area contributed by atoms with Gasteiger partial charge in [0.15, 0.2) is 0 Å². The number of carbonyl (C=O) groups excluding carboxylic acids is 1. The number of anilines is 2. The minimum Gasteiger partial charge on any atom is -0.308 e. The molecule has 0 saturated carbocycles. The van der Waals surface area contributed by atoms with Crippen LogP contribution in [0.25, 0.3) is 0 Å². The summed E-state index contributed by atoms with van der Waals surface area (Å²) >= 11 is 3.24. The summed E-state index contributed by atoms with van der Waals surface area (Å²) in [5.41, 5.74) is 0.925. The summed E-state index contributed by atoms with van der Waals surface area (Å²) < 4.78 is 13.7. The quantitative estimate of drug-likeness (QED) is 0.890. The van der Waals surface area contributed by atoms with Crippen LogP contribution in [0.15, 0.2) is 47.2 Å². The number of aromatic nitrogens is 1. The highest BCUT2D eigenvalue weighted by Crippen LogP contribution is 2.14. The van der Waals surface area contributed by atoms with Crippen LogP contribution in [0, 0.1) is 5.82 Å². The summed E-state index contributed by atoms with van der Waals surface area (Å²) in [5, 5.41) is 5.10. The lowest BCUT2D eigenvalue weighted by atomic mass is 10.3. The molecular weight excluding hydrogens is 301 g/mol. The molecule has 0 spiro atoms. The molecule has 2 rings (SSSR count). The molecule has 1 aromatic heterocycles. The van der Waals surface area contributed by atoms with Crippen molar-refractivity contribution in [2.45, 2.75) is 0 Å². The Kier molecular flexibility index (Phi) is 3.88. The van der Waals surface area contributed by atoms with Gasteiger partial charge in [0.05, 0.1) is 11.9 Å². The highest BCUT2D eigenvalue weighted by atomic mass is 79.9. The van der Waals surface area contributed by atoms with Gasteiger partial charge >= 0.3 is 6.03 Å². The molecule has 0 aliphatic heterocycles. The van der Waals surface area contributed by atoms with Crippen LogP contribution in [-0.2, 0) is 0 Å². The number of nitrogens with one attached hydrogen (secondary N) is 2. The summed E-state index contributed by atoms with van der Waals surface area (Å²) in [5.74, 6) is -0.406. The molecule has 92 valence electrons. The van der Waals surface area contributed by atoms with E-state index in [9.17, 15) is 9.18 Å². The molecule has 2 amide bonds. The number of rotatable bonds is 2. The lowest BCUT2D eigenvalue weighted by Crippen LogP contribution is -2.19. The first-order valence-corrected chi connectivity index (χ1v) is 5.87. The van der Waals surface area contributed by atoms with E-state index in [1.165, 1.54) is 24.4 Å². The molecule has 0 atom stereocenters. The summed E-state index contributed by atoms with van der Waals surface area (Å²) in [6.07, 6.45) is 3.12. The van der Waals surface area contributed by atoms with Crippen molar-refractivity contribution in [2.75, 3.05) is 10.6 Å². The molecule has 2 N–H and O–H groups in total. The summed E-state index contributed by atoms with van der Waals surface area (Å²) in [4.78, 5) is 15.5. The zero-order valence-electron chi connectivity index (χ0n) is 9.15. The van der Waals surface area contributed by atoms with Crippen LogP contribution in [0.2, 0.25) is 0 Å². The van der Waals surface area contributed by atoms with Crippen LogP contribution >= 0.6 is 15.9 Å². The predicted molar refractivity (Wildman–Crippen MR) is 71.0 cm³/mol. The number of hydrogen-bond acceptors (Lipinski definition) is 2. The first-order valence-electron chi connectivity index (χ1n) is 5.07. The standard InChI is InChI=1S/C12H9BrFN3O/c13-8-4-11(7-15-6-8)17-12(18)16-10-3-1-2-9(14)5-10/h1-7H,(H2,16,17,18). The third kappa shape index (κ3) is 3.53. The zero-order valence-corrected chi connectivity index (χ0v) is 10.7. The monoisotopic (exact) mass is 309 g/mol. The molecule has 0 fully saturated rings. The first-order chi connectivity index (χ1) is 8.63. The molecule has 0 unspecified atom stereocenters. The maximum absolute atomic E-state index is 12.9. The van der Waals surface area contributed by atoms with Crippen molar-refractivity contribution in [1.29, 1.82) is 0 Å². The number of benzene rings is 1. The number of pyridine rings is 1. The Morgan fingerprint density at radius 2 is 1.94 bits per heavy atom. The Bertz CT molecular complexity index is 527. The number of halogens is 2. The van der Waals surface area contributed by atoms with E-state index in [0.717, 1.165) is 4.47 Å². The third-order valence-corrected chi connectivity index (χ3v) is 2.48. The summed E-state index contributed by atoms with van der Waals surface area (Å²) in [7, 11) is 0. The Hall–Kier alpha value is -1.95. The van der Waals surface area contributed by atoms with Gasteiger partial charge in [0.1, 0.15) is 5.82 Å². The number of urea groups is 1. The summed E-state index contributed by atoms with van der Waals surface area (Å²) in [6, 6.07) is 6.91. The predicted octanol–water partition coefficient (Wildman–Crippen LogP) is 3.63. The van der Waals surface area contributed by atoms with Gasteiger partial charge in [0.2, 0.25) is 0 Å². The molecule has 2 aromatic rings. The Labute approximate surface area is 111 Å². The third-order valence-electron chi connectivity index (χ3n) is 2.05. The lowest BCUT2D eigenvalue weighted by molar-refractivity contribution is 0.262. The van der Waals surface area contributed by atoms with E-state index in [-0.39, 0.29) is 0 Å². The highest BCUT2D eigenvalue weighted by Gasteiger charge is 2.03. The average Bonchev–Trinajstić information content (AvgIpc) is 2.28. The normalized spacial score (nSPS) is 9.89.